The van der Waals surface area contributed by atoms with E-state index in [-0.39, 0.29) is 18.2 Å². The van der Waals surface area contributed by atoms with Crippen LogP contribution in [0.15, 0.2) is 12.4 Å². The number of aromatic nitrogens is 2. The van der Waals surface area contributed by atoms with E-state index in [0.29, 0.717) is 0 Å². The second-order valence-electron chi connectivity index (χ2n) is 3.50. The highest BCUT2D eigenvalue weighted by Crippen LogP contribution is 2.21. The van der Waals surface area contributed by atoms with Gasteiger partial charge in [-0.05, 0) is 19.3 Å². The van der Waals surface area contributed by atoms with Crippen molar-refractivity contribution in [3.05, 3.63) is 18.2 Å². The summed E-state index contributed by atoms with van der Waals surface area (Å²) in [6.45, 7) is 0. The van der Waals surface area contributed by atoms with Crippen molar-refractivity contribution in [2.24, 2.45) is 5.73 Å². The van der Waals surface area contributed by atoms with Gasteiger partial charge in [-0.1, -0.05) is 0 Å². The molecule has 76 valence electrons. The summed E-state index contributed by atoms with van der Waals surface area (Å²) >= 11 is 0. The maximum atomic E-state index is 12.5. The average molecular weight is 197 g/mol. The molecule has 1 heterocycles. The molecular formula is C9H12FN3O. The molecule has 0 saturated heterocycles. The quantitative estimate of drug-likeness (QED) is 0.764. The normalized spacial score (nSPS) is 26.4. The molecule has 0 spiro atoms. The van der Waals surface area contributed by atoms with Crippen LogP contribution in [0.3, 0.4) is 0 Å². The topological polar surface area (TPSA) is 61.0 Å². The van der Waals surface area contributed by atoms with Gasteiger partial charge < -0.3 is 10.5 Å². The molecule has 14 heavy (non-hydrogen) atoms. The zero-order valence-electron chi connectivity index (χ0n) is 7.69. The number of nitrogens with zero attached hydrogens (tertiary/aromatic N) is 2. The number of hydrogen-bond donors (Lipinski definition) is 1. The van der Waals surface area contributed by atoms with Gasteiger partial charge >= 0.3 is 6.01 Å². The highest BCUT2D eigenvalue weighted by atomic mass is 19.1. The predicted octanol–water partition coefficient (Wildman–Crippen LogP) is 0.874. The second kappa shape index (κ2) is 3.88. The zero-order valence-corrected chi connectivity index (χ0v) is 7.69. The molecule has 4 nitrogen and oxygen atoms in total. The van der Waals surface area contributed by atoms with Crippen LogP contribution in [0, 0.1) is 5.82 Å². The van der Waals surface area contributed by atoms with Gasteiger partial charge in [0.15, 0.2) is 5.82 Å². The van der Waals surface area contributed by atoms with Gasteiger partial charge in [0.1, 0.15) is 6.10 Å². The molecule has 1 aromatic rings. The molecule has 1 fully saturated rings. The Hall–Kier alpha value is -1.23. The Morgan fingerprint density at radius 2 is 2.07 bits per heavy atom. The lowest BCUT2D eigenvalue weighted by atomic mass is 10.3. The molecule has 1 aliphatic rings. The largest absolute Gasteiger partial charge is 0.460 e. The Morgan fingerprint density at radius 1 is 1.36 bits per heavy atom. The Kier molecular flexibility index (Phi) is 2.58. The van der Waals surface area contributed by atoms with Crippen LogP contribution >= 0.6 is 0 Å². The van der Waals surface area contributed by atoms with Crippen molar-refractivity contribution in [3.8, 4) is 6.01 Å². The van der Waals surface area contributed by atoms with Gasteiger partial charge in [-0.3, -0.25) is 0 Å². The zero-order chi connectivity index (χ0) is 9.97. The minimum absolute atomic E-state index is 0.0791. The number of ether oxygens (including phenoxy) is 1. The van der Waals surface area contributed by atoms with Gasteiger partial charge in [0.2, 0.25) is 0 Å². The fraction of sp³-hybridized carbons (Fsp3) is 0.556. The lowest BCUT2D eigenvalue weighted by molar-refractivity contribution is 0.190. The minimum atomic E-state index is -0.458. The fourth-order valence-electron chi connectivity index (χ4n) is 1.59. The Labute approximate surface area is 81.3 Å². The van der Waals surface area contributed by atoms with E-state index in [1.54, 1.807) is 0 Å². The van der Waals surface area contributed by atoms with E-state index in [0.717, 1.165) is 31.7 Å². The molecule has 2 atom stereocenters. The van der Waals surface area contributed by atoms with Crippen molar-refractivity contribution in [3.63, 3.8) is 0 Å². The van der Waals surface area contributed by atoms with Gasteiger partial charge in [-0.2, -0.15) is 0 Å². The molecule has 0 bridgehead atoms. The van der Waals surface area contributed by atoms with Crippen molar-refractivity contribution < 1.29 is 9.13 Å². The number of rotatable bonds is 2. The van der Waals surface area contributed by atoms with Gasteiger partial charge in [-0.25, -0.2) is 14.4 Å². The summed E-state index contributed by atoms with van der Waals surface area (Å²) in [5.74, 6) is -0.458. The van der Waals surface area contributed by atoms with Gasteiger partial charge in [-0.15, -0.1) is 0 Å². The van der Waals surface area contributed by atoms with E-state index in [1.807, 2.05) is 0 Å². The number of hydrogen-bond acceptors (Lipinski definition) is 4. The molecule has 1 aliphatic carbocycles. The summed E-state index contributed by atoms with van der Waals surface area (Å²) in [6.07, 6.45) is 4.97. The average Bonchev–Trinajstić information content (AvgIpc) is 2.56. The third kappa shape index (κ3) is 2.17. The summed E-state index contributed by atoms with van der Waals surface area (Å²) in [5.41, 5.74) is 5.72. The molecule has 2 rings (SSSR count). The Morgan fingerprint density at radius 3 is 2.64 bits per heavy atom. The summed E-state index contributed by atoms with van der Waals surface area (Å²) in [4.78, 5) is 7.44. The van der Waals surface area contributed by atoms with Crippen LogP contribution in [0.4, 0.5) is 4.39 Å². The molecule has 2 unspecified atom stereocenters. The molecular weight excluding hydrogens is 185 g/mol. The lowest BCUT2D eigenvalue weighted by Crippen LogP contribution is -2.19. The fourth-order valence-corrected chi connectivity index (χ4v) is 1.59. The minimum Gasteiger partial charge on any atom is -0.460 e. The highest BCUT2D eigenvalue weighted by molar-refractivity contribution is 4.97. The predicted molar refractivity (Wildman–Crippen MR) is 48.2 cm³/mol. The molecule has 0 radical (unpaired) electrons. The first-order chi connectivity index (χ1) is 6.74. The van der Waals surface area contributed by atoms with Crippen molar-refractivity contribution in [1.82, 2.24) is 9.97 Å². The van der Waals surface area contributed by atoms with E-state index < -0.39 is 5.82 Å². The van der Waals surface area contributed by atoms with Crippen LogP contribution in [0.25, 0.3) is 0 Å². The van der Waals surface area contributed by atoms with Gasteiger partial charge in [0.25, 0.3) is 0 Å². The van der Waals surface area contributed by atoms with Crippen LogP contribution in [0.1, 0.15) is 19.3 Å². The summed E-state index contributed by atoms with van der Waals surface area (Å²) in [7, 11) is 0. The van der Waals surface area contributed by atoms with Crippen LogP contribution < -0.4 is 10.5 Å². The molecule has 1 aromatic heterocycles. The van der Waals surface area contributed by atoms with Crippen LogP contribution in [-0.4, -0.2) is 22.1 Å². The third-order valence-corrected chi connectivity index (χ3v) is 2.29. The van der Waals surface area contributed by atoms with Gasteiger partial charge in [0.05, 0.1) is 12.4 Å². The highest BCUT2D eigenvalue weighted by Gasteiger charge is 2.23. The summed E-state index contributed by atoms with van der Waals surface area (Å²) in [5, 5.41) is 0. The molecule has 0 aromatic carbocycles. The Balaban J connectivity index is 1.94. The molecule has 0 aliphatic heterocycles. The lowest BCUT2D eigenvalue weighted by Gasteiger charge is -2.10. The molecule has 1 saturated carbocycles. The monoisotopic (exact) mass is 197 g/mol. The van der Waals surface area contributed by atoms with E-state index in [2.05, 4.69) is 9.97 Å². The Bertz CT molecular complexity index is 303. The van der Waals surface area contributed by atoms with Crippen LogP contribution in [0.2, 0.25) is 0 Å². The van der Waals surface area contributed by atoms with Crippen molar-refractivity contribution >= 4 is 0 Å². The van der Waals surface area contributed by atoms with E-state index in [9.17, 15) is 4.39 Å². The van der Waals surface area contributed by atoms with Crippen LogP contribution in [0.5, 0.6) is 6.01 Å². The van der Waals surface area contributed by atoms with Crippen molar-refractivity contribution in [2.75, 3.05) is 0 Å². The van der Waals surface area contributed by atoms with Crippen LogP contribution in [-0.2, 0) is 0 Å². The van der Waals surface area contributed by atoms with Crippen molar-refractivity contribution in [2.45, 2.75) is 31.4 Å². The van der Waals surface area contributed by atoms with Gasteiger partial charge in [0, 0.05) is 6.04 Å². The first kappa shape index (κ1) is 9.33. The SMILES string of the molecule is NC1CCC(Oc2ncc(F)cn2)C1. The maximum Gasteiger partial charge on any atom is 0.316 e. The maximum absolute atomic E-state index is 12.5. The smallest absolute Gasteiger partial charge is 0.316 e. The summed E-state index contributed by atoms with van der Waals surface area (Å²) < 4.78 is 17.9. The number of nitrogens with two attached hydrogens (primary N) is 1. The summed E-state index contributed by atoms with van der Waals surface area (Å²) in [6, 6.07) is 0.436. The first-order valence-electron chi connectivity index (χ1n) is 4.64. The second-order valence-corrected chi connectivity index (χ2v) is 3.50. The standard InChI is InChI=1S/C9H12FN3O/c10-6-4-12-9(13-5-6)14-8-2-1-7(11)3-8/h4-5,7-8H,1-3,11H2. The molecule has 0 amide bonds. The van der Waals surface area contributed by atoms with E-state index >= 15 is 0 Å². The molecule has 2 N–H and O–H groups in total. The number of halogens is 1. The van der Waals surface area contributed by atoms with Crippen molar-refractivity contribution in [1.29, 1.82) is 0 Å². The van der Waals surface area contributed by atoms with E-state index in [1.165, 1.54) is 0 Å². The van der Waals surface area contributed by atoms with E-state index in [4.69, 9.17) is 10.5 Å². The first-order valence-corrected chi connectivity index (χ1v) is 4.64. The molecule has 5 heteroatoms. The third-order valence-electron chi connectivity index (χ3n) is 2.29.